The number of hydrogen-bond donors (Lipinski definition) is 2. The second kappa shape index (κ2) is 5.16. The quantitative estimate of drug-likeness (QED) is 0.702. The van der Waals surface area contributed by atoms with Crippen molar-refractivity contribution >= 4 is 17.7 Å². The molecule has 1 heterocycles. The van der Waals surface area contributed by atoms with Gasteiger partial charge in [0.25, 0.3) is 5.91 Å². The molecule has 2 rings (SSSR count). The maximum Gasteiger partial charge on any atom is 0.251 e. The third-order valence-electron chi connectivity index (χ3n) is 3.22. The van der Waals surface area contributed by atoms with Crippen molar-refractivity contribution in [3.63, 3.8) is 0 Å². The minimum absolute atomic E-state index is 0.238. The van der Waals surface area contributed by atoms with Gasteiger partial charge in [-0.15, -0.1) is 0 Å². The molecule has 5 heteroatoms. The Morgan fingerprint density at radius 3 is 2.83 bits per heavy atom. The third kappa shape index (κ3) is 2.67. The Balaban J connectivity index is 2.01. The summed E-state index contributed by atoms with van der Waals surface area (Å²) < 4.78 is 0. The number of imide groups is 1. The van der Waals surface area contributed by atoms with Gasteiger partial charge in [-0.2, -0.15) is 0 Å². The molecule has 5 nitrogen and oxygen atoms in total. The van der Waals surface area contributed by atoms with E-state index in [1.54, 1.807) is 6.08 Å². The molecule has 1 atom stereocenters. The molecule has 1 unspecified atom stereocenters. The summed E-state index contributed by atoms with van der Waals surface area (Å²) in [6.07, 6.45) is 6.19. The average molecular weight is 248 g/mol. The van der Waals surface area contributed by atoms with Crippen molar-refractivity contribution in [2.24, 2.45) is 0 Å². The van der Waals surface area contributed by atoms with Crippen molar-refractivity contribution in [2.75, 3.05) is 0 Å². The Morgan fingerprint density at radius 1 is 1.39 bits per heavy atom. The van der Waals surface area contributed by atoms with Gasteiger partial charge in [0.1, 0.15) is 6.04 Å². The molecule has 0 spiro atoms. The van der Waals surface area contributed by atoms with Gasteiger partial charge in [-0.05, 0) is 26.2 Å². The number of piperidine rings is 1. The molecular formula is C13H16N2O3. The van der Waals surface area contributed by atoms with Crippen LogP contribution in [0, 0.1) is 0 Å². The summed E-state index contributed by atoms with van der Waals surface area (Å²) >= 11 is 0. The van der Waals surface area contributed by atoms with E-state index in [0.29, 0.717) is 12.0 Å². The minimum Gasteiger partial charge on any atom is -0.340 e. The first-order valence-electron chi connectivity index (χ1n) is 6.09. The molecule has 0 saturated carbocycles. The maximum atomic E-state index is 12.0. The molecule has 1 fully saturated rings. The van der Waals surface area contributed by atoms with Crippen molar-refractivity contribution in [2.45, 2.75) is 38.6 Å². The van der Waals surface area contributed by atoms with Gasteiger partial charge >= 0.3 is 0 Å². The zero-order valence-electron chi connectivity index (χ0n) is 10.3. The number of amides is 3. The lowest BCUT2D eigenvalue weighted by Gasteiger charge is -2.23. The largest absolute Gasteiger partial charge is 0.340 e. The first-order chi connectivity index (χ1) is 8.58. The zero-order chi connectivity index (χ0) is 13.1. The molecule has 1 saturated heterocycles. The summed E-state index contributed by atoms with van der Waals surface area (Å²) in [7, 11) is 0. The van der Waals surface area contributed by atoms with E-state index in [4.69, 9.17) is 0 Å². The fourth-order valence-corrected chi connectivity index (χ4v) is 2.11. The molecular weight excluding hydrogens is 232 g/mol. The zero-order valence-corrected chi connectivity index (χ0v) is 10.3. The van der Waals surface area contributed by atoms with Crippen LogP contribution in [0.1, 0.15) is 32.6 Å². The van der Waals surface area contributed by atoms with Gasteiger partial charge in [0.05, 0.1) is 0 Å². The van der Waals surface area contributed by atoms with E-state index >= 15 is 0 Å². The average Bonchev–Trinajstić information content (AvgIpc) is 2.33. The Kier molecular flexibility index (Phi) is 3.60. The highest BCUT2D eigenvalue weighted by atomic mass is 16.2. The summed E-state index contributed by atoms with van der Waals surface area (Å²) in [6, 6.07) is -0.606. The fourth-order valence-electron chi connectivity index (χ4n) is 2.11. The minimum atomic E-state index is -0.606. The van der Waals surface area contributed by atoms with Crippen LogP contribution in [0.3, 0.4) is 0 Å². The van der Waals surface area contributed by atoms with Gasteiger partial charge in [-0.1, -0.05) is 17.7 Å². The van der Waals surface area contributed by atoms with E-state index in [9.17, 15) is 14.4 Å². The highest BCUT2D eigenvalue weighted by Crippen LogP contribution is 2.18. The van der Waals surface area contributed by atoms with Gasteiger partial charge in [0.15, 0.2) is 0 Å². The smallest absolute Gasteiger partial charge is 0.251 e. The van der Waals surface area contributed by atoms with Crippen LogP contribution < -0.4 is 10.6 Å². The molecule has 0 aromatic heterocycles. The van der Waals surface area contributed by atoms with E-state index in [1.807, 2.05) is 13.0 Å². The summed E-state index contributed by atoms with van der Waals surface area (Å²) in [4.78, 5) is 34.5. The number of allylic oxidation sites excluding steroid dienone is 2. The normalized spacial score (nSPS) is 23.9. The summed E-state index contributed by atoms with van der Waals surface area (Å²) in [5.74, 6) is -0.936. The first kappa shape index (κ1) is 12.5. The number of rotatable bonds is 2. The lowest BCUT2D eigenvalue weighted by Crippen LogP contribution is -2.52. The number of carbonyl (C=O) groups excluding carboxylic acids is 3. The molecule has 0 radical (unpaired) electrons. The molecule has 1 aliphatic heterocycles. The van der Waals surface area contributed by atoms with E-state index in [1.165, 1.54) is 0 Å². The highest BCUT2D eigenvalue weighted by molar-refractivity contribution is 6.04. The molecule has 3 amide bonds. The standard InChI is InChI=1S/C13H16N2O3/c1-8-4-2-3-5-9(8)12(17)14-10-6-7-11(16)15-13(10)18/h3,5,10H,2,4,6-7H2,1H3,(H,14,17)(H,15,16,18). The van der Waals surface area contributed by atoms with Crippen molar-refractivity contribution in [3.05, 3.63) is 23.3 Å². The van der Waals surface area contributed by atoms with Gasteiger partial charge in [-0.3, -0.25) is 19.7 Å². The van der Waals surface area contributed by atoms with Crippen molar-refractivity contribution < 1.29 is 14.4 Å². The molecule has 0 aromatic rings. The molecule has 96 valence electrons. The molecule has 2 aliphatic rings. The Hall–Kier alpha value is -1.91. The number of carbonyl (C=O) groups is 3. The molecule has 18 heavy (non-hydrogen) atoms. The van der Waals surface area contributed by atoms with Crippen LogP contribution >= 0.6 is 0 Å². The topological polar surface area (TPSA) is 75.3 Å². The van der Waals surface area contributed by atoms with Crippen LogP contribution in [0.5, 0.6) is 0 Å². The third-order valence-corrected chi connectivity index (χ3v) is 3.22. The van der Waals surface area contributed by atoms with Gasteiger partial charge in [0, 0.05) is 12.0 Å². The summed E-state index contributed by atoms with van der Waals surface area (Å²) in [6.45, 7) is 1.92. The SMILES string of the molecule is CC1=C(C(=O)NC2CCC(=O)NC2=O)C=CCC1. The molecule has 2 N–H and O–H groups in total. The van der Waals surface area contributed by atoms with E-state index in [-0.39, 0.29) is 18.2 Å². The molecule has 0 aromatic carbocycles. The van der Waals surface area contributed by atoms with Gasteiger partial charge in [-0.25, -0.2) is 0 Å². The Bertz CT molecular complexity index is 463. The lowest BCUT2D eigenvalue weighted by molar-refractivity contribution is -0.136. The van der Waals surface area contributed by atoms with Crippen LogP contribution in [0.4, 0.5) is 0 Å². The van der Waals surface area contributed by atoms with Gasteiger partial charge in [0.2, 0.25) is 11.8 Å². The number of nitrogens with one attached hydrogen (secondary N) is 2. The van der Waals surface area contributed by atoms with E-state index in [2.05, 4.69) is 10.6 Å². The summed E-state index contributed by atoms with van der Waals surface area (Å²) in [5.41, 5.74) is 1.66. The van der Waals surface area contributed by atoms with Crippen LogP contribution in [-0.2, 0) is 14.4 Å². The van der Waals surface area contributed by atoms with Crippen molar-refractivity contribution in [3.8, 4) is 0 Å². The fraction of sp³-hybridized carbons (Fsp3) is 0.462. The predicted molar refractivity (Wildman–Crippen MR) is 65.4 cm³/mol. The van der Waals surface area contributed by atoms with Crippen LogP contribution in [-0.4, -0.2) is 23.8 Å². The number of hydrogen-bond acceptors (Lipinski definition) is 3. The van der Waals surface area contributed by atoms with Crippen LogP contribution in [0.2, 0.25) is 0 Å². The predicted octanol–water partition coefficient (Wildman–Crippen LogP) is 0.574. The van der Waals surface area contributed by atoms with Gasteiger partial charge < -0.3 is 5.32 Å². The Labute approximate surface area is 105 Å². The second-order valence-electron chi connectivity index (χ2n) is 4.61. The van der Waals surface area contributed by atoms with E-state index < -0.39 is 11.9 Å². The summed E-state index contributed by atoms with van der Waals surface area (Å²) in [5, 5.41) is 4.90. The second-order valence-corrected chi connectivity index (χ2v) is 4.61. The Morgan fingerprint density at radius 2 is 2.17 bits per heavy atom. The van der Waals surface area contributed by atoms with Crippen molar-refractivity contribution in [1.82, 2.24) is 10.6 Å². The van der Waals surface area contributed by atoms with Crippen LogP contribution in [0.25, 0.3) is 0 Å². The molecule has 1 aliphatic carbocycles. The maximum absolute atomic E-state index is 12.0. The van der Waals surface area contributed by atoms with Crippen molar-refractivity contribution in [1.29, 1.82) is 0 Å². The highest BCUT2D eigenvalue weighted by Gasteiger charge is 2.28. The molecule has 0 bridgehead atoms. The first-order valence-corrected chi connectivity index (χ1v) is 6.09. The monoisotopic (exact) mass is 248 g/mol. The van der Waals surface area contributed by atoms with Crippen LogP contribution in [0.15, 0.2) is 23.3 Å². The lowest BCUT2D eigenvalue weighted by atomic mass is 9.97. The van der Waals surface area contributed by atoms with E-state index in [0.717, 1.165) is 18.4 Å².